The molecular formula is C18H19ClO5. The average Bonchev–Trinajstić information content (AvgIpc) is 2.52. The van der Waals surface area contributed by atoms with Crippen molar-refractivity contribution in [2.75, 3.05) is 6.61 Å². The molecule has 128 valence electrons. The fraction of sp³-hybridized carbons (Fsp3) is 0.278. The molecule has 0 fully saturated rings. The van der Waals surface area contributed by atoms with Gasteiger partial charge in [0.15, 0.2) is 17.1 Å². The minimum Gasteiger partial charge on any atom is -0.504 e. The van der Waals surface area contributed by atoms with Crippen LogP contribution in [0.4, 0.5) is 0 Å². The van der Waals surface area contributed by atoms with E-state index in [1.807, 2.05) is 0 Å². The maximum atomic E-state index is 12.2. The molecule has 2 aromatic carbocycles. The van der Waals surface area contributed by atoms with Crippen LogP contribution in [0.25, 0.3) is 0 Å². The van der Waals surface area contributed by atoms with Crippen molar-refractivity contribution in [3.05, 3.63) is 53.1 Å². The number of phenolic OH excluding ortho intramolecular Hbond substituents is 2. The molecule has 6 heteroatoms. The molecule has 0 radical (unpaired) electrons. The normalized spacial score (nSPS) is 11.1. The number of carbonyl (C=O) groups is 1. The summed E-state index contributed by atoms with van der Waals surface area (Å²) in [6, 6.07) is 11.2. The van der Waals surface area contributed by atoms with Gasteiger partial charge < -0.3 is 19.7 Å². The van der Waals surface area contributed by atoms with E-state index < -0.39 is 11.6 Å². The Kier molecular flexibility index (Phi) is 5.57. The summed E-state index contributed by atoms with van der Waals surface area (Å²) in [6.07, 6.45) is 0.413. The first-order chi connectivity index (χ1) is 11.3. The number of hydrogen-bond acceptors (Lipinski definition) is 5. The number of benzene rings is 2. The lowest BCUT2D eigenvalue weighted by atomic mass is 10.1. The van der Waals surface area contributed by atoms with Gasteiger partial charge in [-0.05, 0) is 55.8 Å². The van der Waals surface area contributed by atoms with Crippen LogP contribution in [0.3, 0.4) is 0 Å². The monoisotopic (exact) mass is 350 g/mol. The standard InChI is InChI=1S/C18H19ClO5/c1-18(2,24-14-6-4-13(19)5-7-14)17(22)23-10-9-12-3-8-15(20)16(21)11-12/h3-8,11,20-21H,9-10H2,1-2H3. The number of halogens is 1. The van der Waals surface area contributed by atoms with Crippen molar-refractivity contribution < 1.29 is 24.5 Å². The van der Waals surface area contributed by atoms with Crippen molar-refractivity contribution in [3.8, 4) is 17.2 Å². The highest BCUT2D eigenvalue weighted by atomic mass is 35.5. The highest BCUT2D eigenvalue weighted by Gasteiger charge is 2.31. The summed E-state index contributed by atoms with van der Waals surface area (Å²) in [5.41, 5.74) is -0.403. The molecule has 2 N–H and O–H groups in total. The highest BCUT2D eigenvalue weighted by molar-refractivity contribution is 6.30. The predicted octanol–water partition coefficient (Wildman–Crippen LogP) is 3.69. The molecule has 0 heterocycles. The number of esters is 1. The van der Waals surface area contributed by atoms with Crippen molar-refractivity contribution in [1.29, 1.82) is 0 Å². The Morgan fingerprint density at radius 3 is 2.38 bits per heavy atom. The molecule has 0 amide bonds. The second-order valence-corrected chi connectivity index (χ2v) is 6.21. The number of aromatic hydroxyl groups is 2. The predicted molar refractivity (Wildman–Crippen MR) is 90.6 cm³/mol. The largest absolute Gasteiger partial charge is 0.504 e. The summed E-state index contributed by atoms with van der Waals surface area (Å²) in [5.74, 6) is -0.372. The van der Waals surface area contributed by atoms with E-state index in [4.69, 9.17) is 21.1 Å². The smallest absolute Gasteiger partial charge is 0.349 e. The SMILES string of the molecule is CC(C)(Oc1ccc(Cl)cc1)C(=O)OCCc1ccc(O)c(O)c1. The molecule has 0 saturated carbocycles. The molecule has 0 aliphatic heterocycles. The molecule has 0 spiro atoms. The zero-order valence-electron chi connectivity index (χ0n) is 13.5. The second-order valence-electron chi connectivity index (χ2n) is 5.78. The van der Waals surface area contributed by atoms with Gasteiger partial charge in [-0.2, -0.15) is 0 Å². The third-order valence-electron chi connectivity index (χ3n) is 3.34. The van der Waals surface area contributed by atoms with Gasteiger partial charge in [0.1, 0.15) is 5.75 Å². The highest BCUT2D eigenvalue weighted by Crippen LogP contribution is 2.25. The fourth-order valence-corrected chi connectivity index (χ4v) is 2.12. The molecule has 2 aromatic rings. The lowest BCUT2D eigenvalue weighted by Crippen LogP contribution is -2.40. The summed E-state index contributed by atoms with van der Waals surface area (Å²) in [5, 5.41) is 19.3. The zero-order valence-corrected chi connectivity index (χ0v) is 14.2. The second kappa shape index (κ2) is 7.45. The number of rotatable bonds is 6. The molecule has 0 saturated heterocycles. The van der Waals surface area contributed by atoms with Gasteiger partial charge in [-0.25, -0.2) is 4.79 Å². The van der Waals surface area contributed by atoms with Crippen LogP contribution in [0.5, 0.6) is 17.2 Å². The molecule has 0 atom stereocenters. The molecule has 0 unspecified atom stereocenters. The number of ether oxygens (including phenoxy) is 2. The zero-order chi connectivity index (χ0) is 17.7. The van der Waals surface area contributed by atoms with Crippen molar-refractivity contribution in [2.24, 2.45) is 0 Å². The minimum absolute atomic E-state index is 0.135. The summed E-state index contributed by atoms with van der Waals surface area (Å²) >= 11 is 5.81. The van der Waals surface area contributed by atoms with Crippen LogP contribution in [0.2, 0.25) is 5.02 Å². The molecule has 24 heavy (non-hydrogen) atoms. The Labute approximate surface area is 145 Å². The van der Waals surface area contributed by atoms with Gasteiger partial charge >= 0.3 is 5.97 Å². The first-order valence-corrected chi connectivity index (χ1v) is 7.78. The van der Waals surface area contributed by atoms with Crippen molar-refractivity contribution in [3.63, 3.8) is 0 Å². The van der Waals surface area contributed by atoms with Gasteiger partial charge in [0.2, 0.25) is 0 Å². The van der Waals surface area contributed by atoms with E-state index in [1.54, 1.807) is 44.2 Å². The van der Waals surface area contributed by atoms with Gasteiger partial charge in [0.25, 0.3) is 0 Å². The first kappa shape index (κ1) is 17.9. The Morgan fingerprint density at radius 1 is 1.08 bits per heavy atom. The lowest BCUT2D eigenvalue weighted by Gasteiger charge is -2.24. The molecule has 0 bridgehead atoms. The van der Waals surface area contributed by atoms with Gasteiger partial charge in [-0.3, -0.25) is 0 Å². The third-order valence-corrected chi connectivity index (χ3v) is 3.59. The van der Waals surface area contributed by atoms with Crippen molar-refractivity contribution in [2.45, 2.75) is 25.9 Å². The Hall–Kier alpha value is -2.40. The van der Waals surface area contributed by atoms with Crippen LogP contribution >= 0.6 is 11.6 Å². The number of carbonyl (C=O) groups excluding carboxylic acids is 1. The van der Waals surface area contributed by atoms with E-state index in [1.165, 1.54) is 12.1 Å². The lowest BCUT2D eigenvalue weighted by molar-refractivity contribution is -0.159. The molecule has 5 nitrogen and oxygen atoms in total. The van der Waals surface area contributed by atoms with Gasteiger partial charge in [-0.15, -0.1) is 0 Å². The molecular weight excluding hydrogens is 332 g/mol. The van der Waals surface area contributed by atoms with Crippen LogP contribution in [0, 0.1) is 0 Å². The quantitative estimate of drug-likeness (QED) is 0.613. The fourth-order valence-electron chi connectivity index (χ4n) is 2.00. The third kappa shape index (κ3) is 4.80. The summed E-state index contributed by atoms with van der Waals surface area (Å²) in [6.45, 7) is 3.38. The van der Waals surface area contributed by atoms with E-state index in [0.29, 0.717) is 17.2 Å². The topological polar surface area (TPSA) is 76.0 Å². The first-order valence-electron chi connectivity index (χ1n) is 7.40. The molecule has 0 aliphatic carbocycles. The van der Waals surface area contributed by atoms with Crippen molar-refractivity contribution >= 4 is 17.6 Å². The van der Waals surface area contributed by atoms with Gasteiger partial charge in [-0.1, -0.05) is 17.7 Å². The Balaban J connectivity index is 1.88. The summed E-state index contributed by atoms with van der Waals surface area (Å²) in [4.78, 5) is 12.2. The minimum atomic E-state index is -1.15. The van der Waals surface area contributed by atoms with E-state index in [2.05, 4.69) is 0 Å². The summed E-state index contributed by atoms with van der Waals surface area (Å²) < 4.78 is 10.9. The van der Waals surface area contributed by atoms with E-state index in [0.717, 1.165) is 5.56 Å². The van der Waals surface area contributed by atoms with Gasteiger partial charge in [0, 0.05) is 11.4 Å². The maximum absolute atomic E-state index is 12.2. The van der Waals surface area contributed by atoms with E-state index in [9.17, 15) is 15.0 Å². The van der Waals surface area contributed by atoms with Crippen molar-refractivity contribution in [1.82, 2.24) is 0 Å². The van der Waals surface area contributed by atoms with E-state index >= 15 is 0 Å². The van der Waals surface area contributed by atoms with Crippen LogP contribution in [-0.2, 0) is 16.0 Å². The van der Waals surface area contributed by atoms with Crippen LogP contribution < -0.4 is 4.74 Å². The van der Waals surface area contributed by atoms with Crippen LogP contribution in [0.15, 0.2) is 42.5 Å². The number of phenols is 2. The van der Waals surface area contributed by atoms with Crippen LogP contribution in [-0.4, -0.2) is 28.4 Å². The van der Waals surface area contributed by atoms with E-state index in [-0.39, 0.29) is 18.1 Å². The Bertz CT molecular complexity index is 710. The Morgan fingerprint density at radius 2 is 1.75 bits per heavy atom. The molecule has 2 rings (SSSR count). The average molecular weight is 351 g/mol. The molecule has 0 aliphatic rings. The summed E-state index contributed by atoms with van der Waals surface area (Å²) in [7, 11) is 0. The number of hydrogen-bond donors (Lipinski definition) is 2. The maximum Gasteiger partial charge on any atom is 0.349 e. The van der Waals surface area contributed by atoms with Gasteiger partial charge in [0.05, 0.1) is 6.61 Å². The van der Waals surface area contributed by atoms with Crippen LogP contribution in [0.1, 0.15) is 19.4 Å². The molecule has 0 aromatic heterocycles.